The first kappa shape index (κ1) is 17.2. The van der Waals surface area contributed by atoms with E-state index in [2.05, 4.69) is 10.6 Å². The number of benzene rings is 1. The lowest BCUT2D eigenvalue weighted by atomic mass is 10.0. The molecule has 4 amide bonds. The van der Waals surface area contributed by atoms with Crippen LogP contribution in [0.2, 0.25) is 0 Å². The second-order valence-corrected chi connectivity index (χ2v) is 6.16. The topological polar surface area (TPSA) is 102 Å². The lowest BCUT2D eigenvalue weighted by molar-refractivity contribution is -0.155. The summed E-state index contributed by atoms with van der Waals surface area (Å²) in [5, 5.41) is 14.7. The van der Waals surface area contributed by atoms with Gasteiger partial charge in [0.2, 0.25) is 11.8 Å². The molecule has 2 aliphatic rings. The molecule has 8 nitrogen and oxygen atoms in total. The molecule has 0 unspecified atom stereocenters. The third kappa shape index (κ3) is 3.41. The Morgan fingerprint density at radius 3 is 2.84 bits per heavy atom. The summed E-state index contributed by atoms with van der Waals surface area (Å²) >= 11 is 0. The molecule has 0 bridgehead atoms. The second kappa shape index (κ2) is 6.67. The first-order valence-corrected chi connectivity index (χ1v) is 7.97. The van der Waals surface area contributed by atoms with Crippen LogP contribution >= 0.6 is 0 Å². The van der Waals surface area contributed by atoms with E-state index in [1.807, 2.05) is 0 Å². The molecule has 2 saturated heterocycles. The molecule has 3 N–H and O–H groups in total. The molecule has 25 heavy (non-hydrogen) atoms. The number of aliphatic hydroxyl groups is 1. The largest absolute Gasteiger partial charge is 0.391 e. The molecular weight excluding hydrogens is 331 g/mol. The maximum absolute atomic E-state index is 13.2. The zero-order valence-electron chi connectivity index (χ0n) is 13.6. The van der Waals surface area contributed by atoms with Crippen LogP contribution in [0.25, 0.3) is 0 Å². The lowest BCUT2D eigenvalue weighted by Gasteiger charge is -2.45. The zero-order valence-corrected chi connectivity index (χ0v) is 13.6. The number of halogens is 1. The fourth-order valence-electron chi connectivity index (χ4n) is 3.04. The van der Waals surface area contributed by atoms with Crippen molar-refractivity contribution in [2.75, 3.05) is 25.0 Å². The Kier molecular flexibility index (Phi) is 4.58. The number of carbonyl (C=O) groups excluding carboxylic acids is 3. The molecule has 9 heteroatoms. The lowest BCUT2D eigenvalue weighted by Crippen LogP contribution is -2.71. The standard InChI is InChI=1S/C16H19FN4O4/c1-9(22)13-15(24)21-6-5-20(8-12(21)14(23)19-13)16(25)18-11-4-2-3-10(17)7-11/h2-4,7,9,12-13,22H,5-6,8H2,1H3,(H,18,25)(H,19,23)/t9-,12-,13+/m1/s1. The van der Waals surface area contributed by atoms with E-state index >= 15 is 0 Å². The number of hydrogen-bond acceptors (Lipinski definition) is 4. The average molecular weight is 350 g/mol. The third-order valence-corrected chi connectivity index (χ3v) is 4.38. The van der Waals surface area contributed by atoms with Gasteiger partial charge < -0.3 is 25.5 Å². The van der Waals surface area contributed by atoms with Crippen molar-refractivity contribution in [2.24, 2.45) is 0 Å². The second-order valence-electron chi connectivity index (χ2n) is 6.16. The fourth-order valence-corrected chi connectivity index (χ4v) is 3.04. The summed E-state index contributed by atoms with van der Waals surface area (Å²) in [6, 6.07) is 3.27. The number of aliphatic hydroxyl groups excluding tert-OH is 1. The summed E-state index contributed by atoms with van der Waals surface area (Å²) in [4.78, 5) is 39.7. The van der Waals surface area contributed by atoms with Gasteiger partial charge in [-0.2, -0.15) is 0 Å². The first-order chi connectivity index (χ1) is 11.9. The molecule has 3 atom stereocenters. The van der Waals surface area contributed by atoms with Gasteiger partial charge in [-0.05, 0) is 25.1 Å². The van der Waals surface area contributed by atoms with Crippen molar-refractivity contribution in [3.8, 4) is 0 Å². The highest BCUT2D eigenvalue weighted by Gasteiger charge is 2.45. The number of urea groups is 1. The number of hydrogen-bond donors (Lipinski definition) is 3. The highest BCUT2D eigenvalue weighted by atomic mass is 19.1. The van der Waals surface area contributed by atoms with Crippen molar-refractivity contribution < 1.29 is 23.9 Å². The van der Waals surface area contributed by atoms with E-state index < -0.39 is 35.9 Å². The number of fused-ring (bicyclic) bond motifs is 1. The van der Waals surface area contributed by atoms with Crippen molar-refractivity contribution in [3.05, 3.63) is 30.1 Å². The van der Waals surface area contributed by atoms with E-state index in [0.717, 1.165) is 0 Å². The minimum atomic E-state index is -0.994. The molecule has 3 rings (SSSR count). The zero-order chi connectivity index (χ0) is 18.1. The maximum atomic E-state index is 13.2. The van der Waals surface area contributed by atoms with Gasteiger partial charge in [0.05, 0.1) is 12.6 Å². The van der Waals surface area contributed by atoms with Gasteiger partial charge in [-0.15, -0.1) is 0 Å². The molecule has 0 aromatic heterocycles. The average Bonchev–Trinajstić information content (AvgIpc) is 2.57. The number of anilines is 1. The van der Waals surface area contributed by atoms with Gasteiger partial charge in [-0.1, -0.05) is 6.07 Å². The molecular formula is C16H19FN4O4. The predicted octanol–water partition coefficient (Wildman–Crippen LogP) is -0.250. The molecule has 0 spiro atoms. The molecule has 1 aromatic rings. The van der Waals surface area contributed by atoms with Crippen LogP contribution in [0.5, 0.6) is 0 Å². The van der Waals surface area contributed by atoms with E-state index in [1.54, 1.807) is 6.07 Å². The van der Waals surface area contributed by atoms with Gasteiger partial charge in [-0.25, -0.2) is 9.18 Å². The van der Waals surface area contributed by atoms with Crippen LogP contribution in [0.4, 0.5) is 14.9 Å². The Balaban J connectivity index is 1.67. The number of rotatable bonds is 2. The molecule has 0 aliphatic carbocycles. The monoisotopic (exact) mass is 350 g/mol. The van der Waals surface area contributed by atoms with Gasteiger partial charge in [-0.3, -0.25) is 9.59 Å². The van der Waals surface area contributed by atoms with Crippen molar-refractivity contribution in [2.45, 2.75) is 25.1 Å². The number of nitrogens with zero attached hydrogens (tertiary/aromatic N) is 2. The molecule has 2 heterocycles. The normalized spacial score (nSPS) is 24.4. The Morgan fingerprint density at radius 2 is 2.16 bits per heavy atom. The van der Waals surface area contributed by atoms with Gasteiger partial charge in [0.15, 0.2) is 0 Å². The van der Waals surface area contributed by atoms with Gasteiger partial charge in [0, 0.05) is 18.8 Å². The first-order valence-electron chi connectivity index (χ1n) is 7.97. The molecule has 1 aromatic carbocycles. The Hall–Kier alpha value is -2.68. The van der Waals surface area contributed by atoms with E-state index in [9.17, 15) is 23.9 Å². The number of nitrogens with one attached hydrogen (secondary N) is 2. The van der Waals surface area contributed by atoms with Crippen LogP contribution in [0.3, 0.4) is 0 Å². The minimum absolute atomic E-state index is 0.0330. The molecule has 2 fully saturated rings. The quantitative estimate of drug-likeness (QED) is 0.684. The maximum Gasteiger partial charge on any atom is 0.321 e. The van der Waals surface area contributed by atoms with Crippen molar-refractivity contribution in [1.29, 1.82) is 0 Å². The van der Waals surface area contributed by atoms with E-state index in [1.165, 1.54) is 34.9 Å². The fraction of sp³-hybridized carbons (Fsp3) is 0.438. The van der Waals surface area contributed by atoms with Gasteiger partial charge >= 0.3 is 6.03 Å². The third-order valence-electron chi connectivity index (χ3n) is 4.38. The molecule has 2 aliphatic heterocycles. The number of amides is 4. The van der Waals surface area contributed by atoms with Crippen LogP contribution in [0.1, 0.15) is 6.92 Å². The van der Waals surface area contributed by atoms with Crippen molar-refractivity contribution in [3.63, 3.8) is 0 Å². The van der Waals surface area contributed by atoms with Crippen molar-refractivity contribution in [1.82, 2.24) is 15.1 Å². The van der Waals surface area contributed by atoms with E-state index in [0.29, 0.717) is 5.69 Å². The van der Waals surface area contributed by atoms with Crippen LogP contribution < -0.4 is 10.6 Å². The number of carbonyl (C=O) groups is 3. The number of piperazine rings is 2. The molecule has 134 valence electrons. The predicted molar refractivity (Wildman–Crippen MR) is 86.1 cm³/mol. The Labute approximate surface area is 143 Å². The summed E-state index contributed by atoms with van der Waals surface area (Å²) in [6.45, 7) is 1.90. The van der Waals surface area contributed by atoms with E-state index in [-0.39, 0.29) is 25.5 Å². The van der Waals surface area contributed by atoms with Crippen LogP contribution in [-0.2, 0) is 9.59 Å². The summed E-state index contributed by atoms with van der Waals surface area (Å²) in [5.74, 6) is -1.23. The SMILES string of the molecule is C[C@@H](O)[C@@H]1NC(=O)[C@H]2CN(C(=O)Nc3cccc(F)c3)CCN2C1=O. The van der Waals surface area contributed by atoms with Gasteiger partial charge in [0.25, 0.3) is 0 Å². The van der Waals surface area contributed by atoms with E-state index in [4.69, 9.17) is 0 Å². The summed E-state index contributed by atoms with van der Waals surface area (Å²) in [6.07, 6.45) is -0.994. The van der Waals surface area contributed by atoms with Crippen LogP contribution in [0, 0.1) is 5.82 Å². The van der Waals surface area contributed by atoms with Crippen molar-refractivity contribution >= 4 is 23.5 Å². The Morgan fingerprint density at radius 1 is 1.40 bits per heavy atom. The molecule has 0 saturated carbocycles. The summed E-state index contributed by atoms with van der Waals surface area (Å²) in [7, 11) is 0. The van der Waals surface area contributed by atoms with Gasteiger partial charge in [0.1, 0.15) is 17.9 Å². The summed E-state index contributed by atoms with van der Waals surface area (Å²) in [5.41, 5.74) is 0.311. The summed E-state index contributed by atoms with van der Waals surface area (Å²) < 4.78 is 13.2. The molecule has 0 radical (unpaired) electrons. The van der Waals surface area contributed by atoms with Crippen LogP contribution in [0.15, 0.2) is 24.3 Å². The highest BCUT2D eigenvalue weighted by molar-refractivity contribution is 5.98. The smallest absolute Gasteiger partial charge is 0.321 e. The Bertz CT molecular complexity index is 711. The highest BCUT2D eigenvalue weighted by Crippen LogP contribution is 2.19. The van der Waals surface area contributed by atoms with Crippen LogP contribution in [-0.4, -0.2) is 70.6 Å². The minimum Gasteiger partial charge on any atom is -0.391 e.